The average Bonchev–Trinajstić information content (AvgIpc) is 2.92. The summed E-state index contributed by atoms with van der Waals surface area (Å²) in [7, 11) is -3.74. The zero-order valence-electron chi connectivity index (χ0n) is 11.9. The quantitative estimate of drug-likeness (QED) is 0.855. The van der Waals surface area contributed by atoms with Gasteiger partial charge in [-0.15, -0.1) is 0 Å². The summed E-state index contributed by atoms with van der Waals surface area (Å²) in [6.45, 7) is 4.46. The van der Waals surface area contributed by atoms with Crippen LogP contribution in [0.15, 0.2) is 47.5 Å². The van der Waals surface area contributed by atoms with E-state index in [-0.39, 0.29) is 22.4 Å². The molecule has 0 spiro atoms. The zero-order valence-corrected chi connectivity index (χ0v) is 12.7. The van der Waals surface area contributed by atoms with Crippen LogP contribution in [0, 0.1) is 5.92 Å². The number of anilines is 1. The van der Waals surface area contributed by atoms with E-state index < -0.39 is 10.0 Å². The van der Waals surface area contributed by atoms with Crippen LogP contribution in [0.3, 0.4) is 0 Å². The summed E-state index contributed by atoms with van der Waals surface area (Å²) in [6.07, 6.45) is 1.41. The van der Waals surface area contributed by atoms with Crippen LogP contribution >= 0.6 is 0 Å². The number of carbonyl (C=O) groups is 1. The second-order valence-electron chi connectivity index (χ2n) is 5.47. The highest BCUT2D eigenvalue weighted by Gasteiger charge is 2.34. The minimum Gasteiger partial charge on any atom is -0.305 e. The molecule has 3 rings (SSSR count). The molecule has 6 heteroatoms. The number of nitrogens with zero attached hydrogens (tertiary/aromatic N) is 2. The van der Waals surface area contributed by atoms with Crippen molar-refractivity contribution in [1.29, 1.82) is 0 Å². The molecule has 5 nitrogen and oxygen atoms in total. The van der Waals surface area contributed by atoms with Crippen molar-refractivity contribution in [3.8, 4) is 0 Å². The number of hydrogen-bond donors (Lipinski definition) is 0. The Morgan fingerprint density at radius 3 is 2.52 bits per heavy atom. The lowest BCUT2D eigenvalue weighted by Crippen LogP contribution is -2.34. The summed E-state index contributed by atoms with van der Waals surface area (Å²) in [5.41, 5.74) is 0.617. The first-order valence-electron chi connectivity index (χ1n) is 6.77. The molecule has 1 amide bonds. The van der Waals surface area contributed by atoms with Gasteiger partial charge in [-0.3, -0.25) is 4.79 Å². The molecule has 1 aromatic carbocycles. The third kappa shape index (κ3) is 2.06. The number of aromatic nitrogens is 1. The Balaban J connectivity index is 2.33. The maximum Gasteiger partial charge on any atom is 0.276 e. The molecular formula is C15H16N2O3S. The SMILES string of the molecule is CC(C)CN1C(=O)c2cccn2S(=O)(=O)c2ccccc21. The van der Waals surface area contributed by atoms with Gasteiger partial charge in [-0.05, 0) is 30.2 Å². The van der Waals surface area contributed by atoms with Crippen LogP contribution in [-0.2, 0) is 10.0 Å². The van der Waals surface area contributed by atoms with Crippen molar-refractivity contribution < 1.29 is 13.2 Å². The second-order valence-corrected chi connectivity index (χ2v) is 7.25. The molecule has 0 unspecified atom stereocenters. The molecule has 0 saturated heterocycles. The molecule has 0 bridgehead atoms. The molecule has 0 N–H and O–H groups in total. The number of rotatable bonds is 2. The number of benzene rings is 1. The predicted octanol–water partition coefficient (Wildman–Crippen LogP) is 2.34. The van der Waals surface area contributed by atoms with Crippen molar-refractivity contribution in [3.05, 3.63) is 48.3 Å². The number of para-hydroxylation sites is 1. The normalized spacial score (nSPS) is 16.5. The summed E-state index contributed by atoms with van der Waals surface area (Å²) in [5, 5.41) is 0. The summed E-state index contributed by atoms with van der Waals surface area (Å²) in [6, 6.07) is 9.75. The molecule has 2 heterocycles. The minimum absolute atomic E-state index is 0.161. The smallest absolute Gasteiger partial charge is 0.276 e. The van der Waals surface area contributed by atoms with Gasteiger partial charge in [-0.2, -0.15) is 0 Å². The molecule has 1 aromatic heterocycles. The minimum atomic E-state index is -3.74. The van der Waals surface area contributed by atoms with Gasteiger partial charge in [0.25, 0.3) is 15.9 Å². The van der Waals surface area contributed by atoms with Crippen molar-refractivity contribution in [2.75, 3.05) is 11.4 Å². The van der Waals surface area contributed by atoms with Crippen molar-refractivity contribution in [3.63, 3.8) is 0 Å². The van der Waals surface area contributed by atoms with Gasteiger partial charge in [0.1, 0.15) is 10.6 Å². The van der Waals surface area contributed by atoms with Crippen molar-refractivity contribution >= 4 is 21.6 Å². The first kappa shape index (κ1) is 13.9. The van der Waals surface area contributed by atoms with E-state index in [0.717, 1.165) is 3.97 Å². The van der Waals surface area contributed by atoms with E-state index in [4.69, 9.17) is 0 Å². The van der Waals surface area contributed by atoms with Crippen LogP contribution in [0.4, 0.5) is 5.69 Å². The molecular weight excluding hydrogens is 288 g/mol. The maximum absolute atomic E-state index is 12.7. The topological polar surface area (TPSA) is 59.4 Å². The van der Waals surface area contributed by atoms with Gasteiger partial charge < -0.3 is 4.90 Å². The monoisotopic (exact) mass is 304 g/mol. The molecule has 110 valence electrons. The predicted molar refractivity (Wildman–Crippen MR) is 80.0 cm³/mol. The molecule has 0 fully saturated rings. The van der Waals surface area contributed by atoms with E-state index in [1.165, 1.54) is 6.20 Å². The third-order valence-electron chi connectivity index (χ3n) is 3.42. The number of carbonyl (C=O) groups excluding carboxylic acids is 1. The first-order chi connectivity index (χ1) is 9.93. The highest BCUT2D eigenvalue weighted by atomic mass is 32.2. The van der Waals surface area contributed by atoms with E-state index in [1.54, 1.807) is 41.3 Å². The summed E-state index contributed by atoms with van der Waals surface area (Å²) in [4.78, 5) is 14.4. The van der Waals surface area contributed by atoms with E-state index in [9.17, 15) is 13.2 Å². The van der Waals surface area contributed by atoms with Crippen LogP contribution < -0.4 is 4.90 Å². The molecule has 0 saturated carbocycles. The van der Waals surface area contributed by atoms with Crippen molar-refractivity contribution in [2.24, 2.45) is 5.92 Å². The fraction of sp³-hybridized carbons (Fsp3) is 0.267. The van der Waals surface area contributed by atoms with Gasteiger partial charge >= 0.3 is 0 Å². The molecule has 0 atom stereocenters. The van der Waals surface area contributed by atoms with Crippen LogP contribution in [-0.4, -0.2) is 24.8 Å². The van der Waals surface area contributed by atoms with Gasteiger partial charge in [0.2, 0.25) is 0 Å². The van der Waals surface area contributed by atoms with E-state index >= 15 is 0 Å². The van der Waals surface area contributed by atoms with Gasteiger partial charge in [-0.1, -0.05) is 26.0 Å². The average molecular weight is 304 g/mol. The summed E-state index contributed by atoms with van der Waals surface area (Å²) in [5.74, 6) is -0.0616. The van der Waals surface area contributed by atoms with E-state index in [0.29, 0.717) is 12.2 Å². The van der Waals surface area contributed by atoms with Crippen LogP contribution in [0.2, 0.25) is 0 Å². The van der Waals surface area contributed by atoms with Gasteiger partial charge in [0.15, 0.2) is 0 Å². The standard InChI is InChI=1S/C15H16N2O3S/c1-11(2)10-16-12-6-3-4-8-14(12)21(19,20)17-9-5-7-13(17)15(16)18/h3-9,11H,10H2,1-2H3. The summed E-state index contributed by atoms with van der Waals surface area (Å²) < 4.78 is 26.5. The lowest BCUT2D eigenvalue weighted by molar-refractivity contribution is 0.0978. The highest BCUT2D eigenvalue weighted by Crippen LogP contribution is 2.32. The van der Waals surface area contributed by atoms with Crippen LogP contribution in [0.1, 0.15) is 24.3 Å². The largest absolute Gasteiger partial charge is 0.305 e. The van der Waals surface area contributed by atoms with Gasteiger partial charge in [0, 0.05) is 12.7 Å². The number of amides is 1. The van der Waals surface area contributed by atoms with E-state index in [2.05, 4.69) is 0 Å². The fourth-order valence-electron chi connectivity index (χ4n) is 2.54. The first-order valence-corrected chi connectivity index (χ1v) is 8.21. The Kier molecular flexibility index (Phi) is 3.13. The van der Waals surface area contributed by atoms with Crippen molar-refractivity contribution in [2.45, 2.75) is 18.7 Å². The Labute approximate surface area is 123 Å². The van der Waals surface area contributed by atoms with Gasteiger partial charge in [0.05, 0.1) is 5.69 Å². The van der Waals surface area contributed by atoms with Gasteiger partial charge in [-0.25, -0.2) is 12.4 Å². The molecule has 21 heavy (non-hydrogen) atoms. The number of fused-ring (bicyclic) bond motifs is 2. The fourth-order valence-corrected chi connectivity index (χ4v) is 4.07. The Morgan fingerprint density at radius 2 is 1.81 bits per heavy atom. The van der Waals surface area contributed by atoms with Crippen molar-refractivity contribution in [1.82, 2.24) is 3.97 Å². The summed E-state index contributed by atoms with van der Waals surface area (Å²) >= 11 is 0. The van der Waals surface area contributed by atoms with Crippen LogP contribution in [0.5, 0.6) is 0 Å². The highest BCUT2D eigenvalue weighted by molar-refractivity contribution is 7.90. The number of hydrogen-bond acceptors (Lipinski definition) is 3. The molecule has 2 aromatic rings. The second kappa shape index (κ2) is 4.73. The lowest BCUT2D eigenvalue weighted by atomic mass is 10.1. The van der Waals surface area contributed by atoms with E-state index in [1.807, 2.05) is 13.8 Å². The Bertz CT molecular complexity index is 806. The Hall–Kier alpha value is -2.08. The Morgan fingerprint density at radius 1 is 1.10 bits per heavy atom. The third-order valence-corrected chi connectivity index (χ3v) is 5.16. The molecule has 1 aliphatic heterocycles. The lowest BCUT2D eigenvalue weighted by Gasteiger charge is -2.23. The molecule has 0 aliphatic carbocycles. The van der Waals surface area contributed by atoms with Crippen LogP contribution in [0.25, 0.3) is 0 Å². The zero-order chi connectivity index (χ0) is 15.2. The molecule has 1 aliphatic rings. The molecule has 0 radical (unpaired) electrons. The maximum atomic E-state index is 12.7.